The zero-order valence-corrected chi connectivity index (χ0v) is 20.0. The van der Waals surface area contributed by atoms with Crippen LogP contribution in [0.3, 0.4) is 0 Å². The molecule has 0 unspecified atom stereocenters. The van der Waals surface area contributed by atoms with Crippen molar-refractivity contribution in [3.63, 3.8) is 0 Å². The minimum Gasteiger partial charge on any atom is -0.481 e. The topological polar surface area (TPSA) is 105 Å². The van der Waals surface area contributed by atoms with Crippen LogP contribution in [0.2, 0.25) is 0 Å². The van der Waals surface area contributed by atoms with E-state index in [0.29, 0.717) is 25.0 Å². The van der Waals surface area contributed by atoms with Crippen molar-refractivity contribution >= 4 is 29.7 Å². The number of rotatable bonds is 10. The van der Waals surface area contributed by atoms with E-state index in [1.807, 2.05) is 30.5 Å². The molecule has 2 aromatic carbocycles. The summed E-state index contributed by atoms with van der Waals surface area (Å²) in [4.78, 5) is 37.0. The minimum absolute atomic E-state index is 0.0642. The van der Waals surface area contributed by atoms with Gasteiger partial charge >= 0.3 is 12.1 Å². The first-order valence-electron chi connectivity index (χ1n) is 11.6. The second-order valence-corrected chi connectivity index (χ2v) is 9.95. The highest BCUT2D eigenvalue weighted by Crippen LogP contribution is 2.44. The third kappa shape index (κ3) is 4.92. The molecule has 0 aliphatic heterocycles. The zero-order valence-electron chi connectivity index (χ0n) is 19.2. The van der Waals surface area contributed by atoms with Gasteiger partial charge in [-0.1, -0.05) is 55.0 Å². The van der Waals surface area contributed by atoms with E-state index in [2.05, 4.69) is 34.9 Å². The number of ether oxygens (including phenoxy) is 1. The summed E-state index contributed by atoms with van der Waals surface area (Å²) in [6.45, 7) is 0.238. The van der Waals surface area contributed by atoms with Crippen LogP contribution in [0.5, 0.6) is 0 Å². The molecule has 0 saturated heterocycles. The summed E-state index contributed by atoms with van der Waals surface area (Å²) in [6.07, 6.45) is 3.65. The van der Waals surface area contributed by atoms with Crippen molar-refractivity contribution < 1.29 is 24.2 Å². The van der Waals surface area contributed by atoms with Crippen molar-refractivity contribution in [1.29, 1.82) is 0 Å². The van der Waals surface area contributed by atoms with Crippen molar-refractivity contribution in [2.75, 3.05) is 25.2 Å². The van der Waals surface area contributed by atoms with Crippen LogP contribution in [0.1, 0.15) is 42.7 Å². The molecular weight excluding hydrogens is 452 g/mol. The van der Waals surface area contributed by atoms with Gasteiger partial charge in [0, 0.05) is 12.5 Å². The maximum atomic E-state index is 12.8. The number of carboxylic acids is 1. The lowest BCUT2D eigenvalue weighted by Gasteiger charge is -2.37. The number of hydrogen-bond acceptors (Lipinski definition) is 5. The van der Waals surface area contributed by atoms with Crippen molar-refractivity contribution in [3.8, 4) is 11.1 Å². The number of carbonyl (C=O) groups is 3. The van der Waals surface area contributed by atoms with Gasteiger partial charge < -0.3 is 20.5 Å². The monoisotopic (exact) mass is 482 g/mol. The van der Waals surface area contributed by atoms with Gasteiger partial charge in [0.15, 0.2) is 0 Å². The number of nitrogens with one attached hydrogen (secondary N) is 2. The lowest BCUT2D eigenvalue weighted by Crippen LogP contribution is -2.53. The first-order chi connectivity index (χ1) is 16.4. The Morgan fingerprint density at radius 3 is 2.24 bits per heavy atom. The average molecular weight is 483 g/mol. The molecule has 0 heterocycles. The van der Waals surface area contributed by atoms with Gasteiger partial charge in [0.2, 0.25) is 5.91 Å². The maximum Gasteiger partial charge on any atom is 0.407 e. The summed E-state index contributed by atoms with van der Waals surface area (Å²) in [5.41, 5.74) is 3.64. The molecule has 0 radical (unpaired) electrons. The number of carbonyl (C=O) groups excluding carboxylic acids is 2. The summed E-state index contributed by atoms with van der Waals surface area (Å²) in [5.74, 6) is -0.656. The highest BCUT2D eigenvalue weighted by atomic mass is 32.2. The van der Waals surface area contributed by atoms with E-state index in [-0.39, 0.29) is 25.0 Å². The number of carboxylic acid groups (broad SMARTS) is 1. The first-order valence-corrected chi connectivity index (χ1v) is 13.0. The molecule has 1 saturated carbocycles. The molecule has 0 spiro atoms. The Morgan fingerprint density at radius 2 is 1.71 bits per heavy atom. The number of thioether (sulfide) groups is 1. The molecule has 34 heavy (non-hydrogen) atoms. The van der Waals surface area contributed by atoms with E-state index in [9.17, 15) is 19.5 Å². The molecule has 1 fully saturated rings. The Labute approximate surface area is 203 Å². The van der Waals surface area contributed by atoms with Crippen LogP contribution in [-0.2, 0) is 14.3 Å². The van der Waals surface area contributed by atoms with Gasteiger partial charge in [0.25, 0.3) is 0 Å². The highest BCUT2D eigenvalue weighted by Gasteiger charge is 2.44. The van der Waals surface area contributed by atoms with E-state index < -0.39 is 23.5 Å². The third-order valence-corrected chi connectivity index (χ3v) is 7.57. The van der Waals surface area contributed by atoms with Crippen LogP contribution in [-0.4, -0.2) is 54.3 Å². The van der Waals surface area contributed by atoms with Crippen molar-refractivity contribution in [2.24, 2.45) is 5.41 Å². The van der Waals surface area contributed by atoms with Crippen LogP contribution in [0.25, 0.3) is 11.1 Å². The quantitative estimate of drug-likeness (QED) is 0.473. The predicted molar refractivity (Wildman–Crippen MR) is 132 cm³/mol. The fourth-order valence-electron chi connectivity index (χ4n) is 4.74. The number of amides is 2. The number of alkyl carbamates (subject to hydrolysis) is 1. The van der Waals surface area contributed by atoms with Gasteiger partial charge in [0.05, 0.1) is 5.41 Å². The molecule has 2 aliphatic carbocycles. The van der Waals surface area contributed by atoms with Crippen LogP contribution in [0.4, 0.5) is 4.79 Å². The summed E-state index contributed by atoms with van der Waals surface area (Å²) >= 11 is 1.57. The summed E-state index contributed by atoms with van der Waals surface area (Å²) in [6, 6.07) is 15.4. The van der Waals surface area contributed by atoms with E-state index in [0.717, 1.165) is 28.7 Å². The SMILES string of the molecule is CSCC[C@@H](NC(=O)OCC1c2ccccc2-c2ccccc21)C(=O)NCC1(C(=O)O)CCC1. The lowest BCUT2D eigenvalue weighted by molar-refractivity contribution is -0.154. The molecule has 8 heteroatoms. The van der Waals surface area contributed by atoms with Crippen LogP contribution >= 0.6 is 11.8 Å². The van der Waals surface area contributed by atoms with Gasteiger partial charge in [-0.15, -0.1) is 0 Å². The fourth-order valence-corrected chi connectivity index (χ4v) is 5.21. The number of benzene rings is 2. The number of aliphatic carboxylic acids is 1. The second kappa shape index (κ2) is 10.5. The summed E-state index contributed by atoms with van der Waals surface area (Å²) in [7, 11) is 0. The Kier molecular flexibility index (Phi) is 7.46. The predicted octanol–water partition coefficient (Wildman–Crippen LogP) is 4.02. The van der Waals surface area contributed by atoms with Gasteiger partial charge in [-0.2, -0.15) is 11.8 Å². The van der Waals surface area contributed by atoms with Gasteiger partial charge in [-0.05, 0) is 53.5 Å². The molecule has 180 valence electrons. The van der Waals surface area contributed by atoms with E-state index in [1.54, 1.807) is 11.8 Å². The average Bonchev–Trinajstić information content (AvgIpc) is 3.13. The Balaban J connectivity index is 1.37. The molecule has 1 atom stereocenters. The van der Waals surface area contributed by atoms with Crippen LogP contribution < -0.4 is 10.6 Å². The Morgan fingerprint density at radius 1 is 1.09 bits per heavy atom. The Hall–Kier alpha value is -3.00. The molecule has 3 N–H and O–H groups in total. The van der Waals surface area contributed by atoms with E-state index in [4.69, 9.17) is 4.74 Å². The zero-order chi connectivity index (χ0) is 24.1. The fraction of sp³-hybridized carbons (Fsp3) is 0.423. The van der Waals surface area contributed by atoms with Crippen LogP contribution in [0.15, 0.2) is 48.5 Å². The van der Waals surface area contributed by atoms with E-state index in [1.165, 1.54) is 0 Å². The maximum absolute atomic E-state index is 12.8. The molecule has 7 nitrogen and oxygen atoms in total. The molecule has 0 aromatic heterocycles. The molecular formula is C26H30N2O5S. The van der Waals surface area contributed by atoms with Crippen LogP contribution in [0, 0.1) is 5.41 Å². The lowest BCUT2D eigenvalue weighted by atomic mass is 9.69. The van der Waals surface area contributed by atoms with Crippen molar-refractivity contribution in [2.45, 2.75) is 37.6 Å². The van der Waals surface area contributed by atoms with E-state index >= 15 is 0 Å². The smallest absolute Gasteiger partial charge is 0.407 e. The third-order valence-electron chi connectivity index (χ3n) is 6.93. The summed E-state index contributed by atoms with van der Waals surface area (Å²) < 4.78 is 5.59. The molecule has 2 aromatic rings. The Bertz CT molecular complexity index is 1020. The molecule has 4 rings (SSSR count). The second-order valence-electron chi connectivity index (χ2n) is 8.96. The normalized spacial score (nSPS) is 16.5. The van der Waals surface area contributed by atoms with Crippen molar-refractivity contribution in [3.05, 3.63) is 59.7 Å². The summed E-state index contributed by atoms with van der Waals surface area (Å²) in [5, 5.41) is 14.9. The first kappa shape index (κ1) is 24.1. The largest absolute Gasteiger partial charge is 0.481 e. The van der Waals surface area contributed by atoms with Gasteiger partial charge in [-0.3, -0.25) is 9.59 Å². The highest BCUT2D eigenvalue weighted by molar-refractivity contribution is 7.98. The van der Waals surface area contributed by atoms with Gasteiger partial charge in [-0.25, -0.2) is 4.79 Å². The number of hydrogen-bond donors (Lipinski definition) is 3. The minimum atomic E-state index is -0.885. The molecule has 0 bridgehead atoms. The standard InChI is InChI=1S/C26H30N2O5S/c1-34-14-11-22(23(29)27-16-26(24(30)31)12-6-13-26)28-25(32)33-15-21-19-9-4-2-7-17(19)18-8-3-5-10-20(18)21/h2-5,7-10,21-22H,6,11-16H2,1H3,(H,27,29)(H,28,32)(H,30,31)/t22-/m1/s1. The van der Waals surface area contributed by atoms with Gasteiger partial charge in [0.1, 0.15) is 12.6 Å². The van der Waals surface area contributed by atoms with Crippen molar-refractivity contribution in [1.82, 2.24) is 10.6 Å². The molecule has 2 amide bonds. The molecule has 2 aliphatic rings. The number of fused-ring (bicyclic) bond motifs is 3.